The van der Waals surface area contributed by atoms with Crippen LogP contribution >= 0.6 is 0 Å². The third-order valence-corrected chi connectivity index (χ3v) is 4.55. The van der Waals surface area contributed by atoms with Gasteiger partial charge >= 0.3 is 0 Å². The van der Waals surface area contributed by atoms with Crippen molar-refractivity contribution in [1.82, 2.24) is 30.6 Å². The Hall–Kier alpha value is -3.39. The van der Waals surface area contributed by atoms with Gasteiger partial charge < -0.3 is 15.7 Å². The molecule has 27 heavy (non-hydrogen) atoms. The van der Waals surface area contributed by atoms with Crippen molar-refractivity contribution in [2.45, 2.75) is 13.0 Å². The van der Waals surface area contributed by atoms with Gasteiger partial charge in [0.25, 0.3) is 5.91 Å². The largest absolute Gasteiger partial charge is 0.506 e. The predicted octanol–water partition coefficient (Wildman–Crippen LogP) is 1.77. The van der Waals surface area contributed by atoms with E-state index in [1.54, 1.807) is 12.1 Å². The fourth-order valence-electron chi connectivity index (χ4n) is 2.97. The van der Waals surface area contributed by atoms with Crippen molar-refractivity contribution in [1.29, 1.82) is 0 Å². The van der Waals surface area contributed by atoms with Crippen molar-refractivity contribution in [3.63, 3.8) is 0 Å². The second kappa shape index (κ2) is 6.73. The van der Waals surface area contributed by atoms with E-state index < -0.39 is 5.91 Å². The third-order valence-electron chi connectivity index (χ3n) is 4.55. The quantitative estimate of drug-likeness (QED) is 0.374. The first kappa shape index (κ1) is 17.0. The van der Waals surface area contributed by atoms with Gasteiger partial charge in [0.1, 0.15) is 34.2 Å². The molecule has 2 aromatic heterocycles. The lowest BCUT2D eigenvalue weighted by atomic mass is 10.0. The van der Waals surface area contributed by atoms with Crippen LogP contribution in [-0.2, 0) is 0 Å². The number of nitrogens with one attached hydrogen (secondary N) is 2. The molecule has 0 aliphatic rings. The minimum atomic E-state index is -0.407. The maximum atomic E-state index is 12.9. The van der Waals surface area contributed by atoms with Gasteiger partial charge in [-0.3, -0.25) is 4.79 Å². The number of carbonyl (C=O) groups is 1. The monoisotopic (exact) mass is 362 g/mol. The summed E-state index contributed by atoms with van der Waals surface area (Å²) >= 11 is 0. The van der Waals surface area contributed by atoms with Crippen LogP contribution in [0.2, 0.25) is 0 Å². The number of hydrogen-bond acceptors (Lipinski definition) is 7. The van der Waals surface area contributed by atoms with Gasteiger partial charge in [0.2, 0.25) is 0 Å². The van der Waals surface area contributed by atoms with Crippen LogP contribution in [0.3, 0.4) is 0 Å². The molecule has 0 saturated carbocycles. The Morgan fingerprint density at radius 1 is 1.19 bits per heavy atom. The van der Waals surface area contributed by atoms with E-state index >= 15 is 0 Å². The Kier molecular flexibility index (Phi) is 4.25. The van der Waals surface area contributed by atoms with Gasteiger partial charge in [-0.05, 0) is 14.0 Å². The zero-order valence-corrected chi connectivity index (χ0v) is 14.9. The summed E-state index contributed by atoms with van der Waals surface area (Å²) in [4.78, 5) is 30.1. The maximum Gasteiger partial charge on any atom is 0.257 e. The van der Waals surface area contributed by atoms with Crippen LogP contribution in [0.1, 0.15) is 17.3 Å². The van der Waals surface area contributed by atoms with Crippen LogP contribution in [-0.4, -0.2) is 50.6 Å². The van der Waals surface area contributed by atoms with Gasteiger partial charge in [-0.1, -0.05) is 24.3 Å². The molecule has 1 unspecified atom stereocenters. The van der Waals surface area contributed by atoms with Gasteiger partial charge in [-0.2, -0.15) is 0 Å². The number of aromatic nitrogens is 4. The summed E-state index contributed by atoms with van der Waals surface area (Å²) in [7, 11) is 1.82. The maximum absolute atomic E-state index is 12.9. The minimum absolute atomic E-state index is 0.0862. The summed E-state index contributed by atoms with van der Waals surface area (Å²) in [6, 6.07) is 7.33. The molecule has 0 aliphatic heterocycles. The predicted molar refractivity (Wildman–Crippen MR) is 103 cm³/mol. The molecule has 4 aromatic rings. The number of phenolic OH excluding ortho intramolecular Hbond substituents is 1. The Bertz CT molecular complexity index is 1180. The van der Waals surface area contributed by atoms with Crippen molar-refractivity contribution in [3.05, 3.63) is 42.4 Å². The second-order valence-electron chi connectivity index (χ2n) is 6.32. The molecule has 8 nitrogen and oxygen atoms in total. The molecule has 0 radical (unpaired) electrons. The Morgan fingerprint density at radius 2 is 1.96 bits per heavy atom. The summed E-state index contributed by atoms with van der Waals surface area (Å²) in [5, 5.41) is 18.0. The molecule has 3 N–H and O–H groups in total. The number of likely N-dealkylation sites (N-methyl/N-ethyl adjacent to an activating group) is 1. The lowest BCUT2D eigenvalue weighted by molar-refractivity contribution is 0.0949. The average molecular weight is 362 g/mol. The molecule has 136 valence electrons. The highest BCUT2D eigenvalue weighted by molar-refractivity contribution is 6.18. The number of nitrogens with zero attached hydrogens (tertiary/aromatic N) is 4. The first-order valence-corrected chi connectivity index (χ1v) is 8.56. The van der Waals surface area contributed by atoms with Crippen LogP contribution in [0, 0.1) is 0 Å². The van der Waals surface area contributed by atoms with E-state index in [4.69, 9.17) is 0 Å². The summed E-state index contributed by atoms with van der Waals surface area (Å²) in [5.41, 5.74) is 1.83. The second-order valence-corrected chi connectivity index (χ2v) is 6.32. The Labute approximate surface area is 154 Å². The fourth-order valence-corrected chi connectivity index (χ4v) is 2.97. The first-order valence-electron chi connectivity index (χ1n) is 8.56. The summed E-state index contributed by atoms with van der Waals surface area (Å²) in [6.45, 7) is 2.36. The normalized spacial score (nSPS) is 12.5. The lowest BCUT2D eigenvalue weighted by Crippen LogP contribution is -2.37. The van der Waals surface area contributed by atoms with E-state index in [0.717, 1.165) is 0 Å². The van der Waals surface area contributed by atoms with Crippen LogP contribution < -0.4 is 10.6 Å². The minimum Gasteiger partial charge on any atom is -0.506 e. The average Bonchev–Trinajstić information content (AvgIpc) is 2.71. The number of rotatable bonds is 4. The van der Waals surface area contributed by atoms with E-state index in [2.05, 4.69) is 30.6 Å². The number of fused-ring (bicyclic) bond motifs is 4. The molecule has 4 rings (SSSR count). The molecule has 0 aliphatic carbocycles. The highest BCUT2D eigenvalue weighted by atomic mass is 16.3. The van der Waals surface area contributed by atoms with E-state index in [1.165, 1.54) is 12.5 Å². The molecule has 0 bridgehead atoms. The summed E-state index contributed by atoms with van der Waals surface area (Å²) in [6.07, 6.45) is 2.93. The standard InChI is InChI=1S/C19H18N6O2/c1-10(20-2)7-22-19(27)14-16-15(11-5-3-4-6-12(11)17(14)26)25-18-13(24-16)8-21-9-23-18/h3-6,8-10,20,26H,7H2,1-2H3,(H,22,27). The van der Waals surface area contributed by atoms with Gasteiger partial charge in [0, 0.05) is 23.4 Å². The van der Waals surface area contributed by atoms with Crippen LogP contribution in [0.5, 0.6) is 5.75 Å². The number of carbonyl (C=O) groups excluding carboxylic acids is 1. The number of benzene rings is 2. The van der Waals surface area contributed by atoms with E-state index in [-0.39, 0.29) is 17.4 Å². The van der Waals surface area contributed by atoms with Crippen molar-refractivity contribution >= 4 is 38.9 Å². The Balaban J connectivity index is 2.01. The fraction of sp³-hybridized carbons (Fsp3) is 0.211. The molecular formula is C19H18N6O2. The molecule has 1 amide bonds. The molecule has 0 saturated heterocycles. The smallest absolute Gasteiger partial charge is 0.257 e. The van der Waals surface area contributed by atoms with Crippen molar-refractivity contribution in [2.75, 3.05) is 13.6 Å². The SMILES string of the molecule is CNC(C)CNC(=O)c1c(O)c2ccccc2c2nc3ncncc3nc12. The number of aromatic hydroxyl groups is 1. The summed E-state index contributed by atoms with van der Waals surface area (Å²) in [5.74, 6) is -0.519. The lowest BCUT2D eigenvalue weighted by Gasteiger charge is -2.15. The number of hydrogen-bond donors (Lipinski definition) is 3. The van der Waals surface area contributed by atoms with Crippen molar-refractivity contribution < 1.29 is 9.90 Å². The van der Waals surface area contributed by atoms with Crippen LogP contribution in [0.25, 0.3) is 33.0 Å². The molecule has 1 atom stereocenters. The highest BCUT2D eigenvalue weighted by Gasteiger charge is 2.22. The van der Waals surface area contributed by atoms with Gasteiger partial charge in [-0.15, -0.1) is 0 Å². The van der Waals surface area contributed by atoms with Gasteiger partial charge in [0.05, 0.1) is 6.20 Å². The number of amides is 1. The topological polar surface area (TPSA) is 113 Å². The molecule has 0 spiro atoms. The molecular weight excluding hydrogens is 344 g/mol. The number of phenols is 1. The van der Waals surface area contributed by atoms with E-state index in [1.807, 2.05) is 26.1 Å². The molecule has 2 aromatic carbocycles. The molecule has 0 fully saturated rings. The zero-order chi connectivity index (χ0) is 19.0. The summed E-state index contributed by atoms with van der Waals surface area (Å²) < 4.78 is 0. The molecule has 8 heteroatoms. The van der Waals surface area contributed by atoms with Crippen molar-refractivity contribution in [2.24, 2.45) is 0 Å². The van der Waals surface area contributed by atoms with Gasteiger partial charge in [0.15, 0.2) is 5.65 Å². The van der Waals surface area contributed by atoms with Crippen LogP contribution in [0.4, 0.5) is 0 Å². The zero-order valence-electron chi connectivity index (χ0n) is 14.9. The van der Waals surface area contributed by atoms with E-state index in [9.17, 15) is 9.90 Å². The highest BCUT2D eigenvalue weighted by Crippen LogP contribution is 2.36. The Morgan fingerprint density at radius 3 is 2.74 bits per heavy atom. The van der Waals surface area contributed by atoms with Crippen molar-refractivity contribution in [3.8, 4) is 5.75 Å². The van der Waals surface area contributed by atoms with Gasteiger partial charge in [-0.25, -0.2) is 19.9 Å². The van der Waals surface area contributed by atoms with Crippen LogP contribution in [0.15, 0.2) is 36.8 Å². The molecule has 2 heterocycles. The van der Waals surface area contributed by atoms with E-state index in [0.29, 0.717) is 39.5 Å². The first-order chi connectivity index (χ1) is 13.1. The third kappa shape index (κ3) is 2.89.